The number of ketones is 1. The maximum Gasteiger partial charge on any atom is 0.195 e. The molecule has 110 valence electrons. The first-order chi connectivity index (χ1) is 9.41. The normalized spacial score (nSPS) is 26.6. The molecule has 1 fully saturated rings. The summed E-state index contributed by atoms with van der Waals surface area (Å²) in [5.74, 6) is -4.33. The second-order valence-corrected chi connectivity index (χ2v) is 5.72. The van der Waals surface area contributed by atoms with E-state index in [1.807, 2.05) is 0 Å². The van der Waals surface area contributed by atoms with Gasteiger partial charge in [0.25, 0.3) is 0 Å². The molecular weight excluding hydrogens is 267 g/mol. The molecule has 5 heteroatoms. The molecule has 1 aliphatic rings. The Morgan fingerprint density at radius 1 is 1.25 bits per heavy atom. The maximum absolute atomic E-state index is 13.8. The predicted octanol–water partition coefficient (Wildman–Crippen LogP) is 3.44. The summed E-state index contributed by atoms with van der Waals surface area (Å²) < 4.78 is 40.0. The van der Waals surface area contributed by atoms with Gasteiger partial charge in [0.2, 0.25) is 0 Å². The Labute approximate surface area is 116 Å². The van der Waals surface area contributed by atoms with Crippen LogP contribution < -0.4 is 5.73 Å². The van der Waals surface area contributed by atoms with Crippen molar-refractivity contribution in [3.05, 3.63) is 35.1 Å². The minimum atomic E-state index is -1.60. The number of Topliss-reactive ketones (excluding diaryl/α,β-unsaturated/α-hetero) is 1. The highest BCUT2D eigenvalue weighted by Gasteiger charge is 2.41. The molecule has 0 radical (unpaired) electrons. The molecule has 20 heavy (non-hydrogen) atoms. The average Bonchev–Trinajstić information content (AvgIpc) is 2.46. The molecule has 2 rings (SSSR count). The van der Waals surface area contributed by atoms with Gasteiger partial charge >= 0.3 is 0 Å². The van der Waals surface area contributed by atoms with Crippen molar-refractivity contribution < 1.29 is 18.0 Å². The zero-order valence-electron chi connectivity index (χ0n) is 11.4. The van der Waals surface area contributed by atoms with E-state index >= 15 is 0 Å². The standard InChI is InChI=1S/C15H18F3NO/c1-9-4-6-15(8-19,7-5-9)14(20)10-2-3-11(16)13(18)12(10)17/h2-3,9H,4-8,19H2,1H3. The van der Waals surface area contributed by atoms with E-state index < -0.39 is 34.2 Å². The first-order valence-corrected chi connectivity index (χ1v) is 6.79. The van der Waals surface area contributed by atoms with Gasteiger partial charge in [-0.1, -0.05) is 6.92 Å². The fourth-order valence-electron chi connectivity index (χ4n) is 2.83. The molecule has 2 nitrogen and oxygen atoms in total. The summed E-state index contributed by atoms with van der Waals surface area (Å²) in [4.78, 5) is 12.5. The van der Waals surface area contributed by atoms with Gasteiger partial charge in [0, 0.05) is 12.0 Å². The zero-order valence-corrected chi connectivity index (χ0v) is 11.4. The summed E-state index contributed by atoms with van der Waals surface area (Å²) in [5.41, 5.74) is 4.48. The van der Waals surface area contributed by atoms with E-state index in [9.17, 15) is 18.0 Å². The number of halogens is 3. The summed E-state index contributed by atoms with van der Waals surface area (Å²) in [7, 11) is 0. The number of carbonyl (C=O) groups excluding carboxylic acids is 1. The fourth-order valence-corrected chi connectivity index (χ4v) is 2.83. The van der Waals surface area contributed by atoms with Crippen molar-refractivity contribution in [2.24, 2.45) is 17.1 Å². The molecule has 0 saturated heterocycles. The van der Waals surface area contributed by atoms with Crippen molar-refractivity contribution in [2.75, 3.05) is 6.54 Å². The minimum Gasteiger partial charge on any atom is -0.329 e. The fraction of sp³-hybridized carbons (Fsp3) is 0.533. The van der Waals surface area contributed by atoms with Crippen molar-refractivity contribution in [3.8, 4) is 0 Å². The Balaban J connectivity index is 2.37. The molecule has 1 saturated carbocycles. The summed E-state index contributed by atoms with van der Waals surface area (Å²) in [6.45, 7) is 2.18. The van der Waals surface area contributed by atoms with Crippen molar-refractivity contribution in [3.63, 3.8) is 0 Å². The quantitative estimate of drug-likeness (QED) is 0.683. The molecule has 0 bridgehead atoms. The molecule has 0 aromatic heterocycles. The minimum absolute atomic E-state index is 0.0942. The lowest BCUT2D eigenvalue weighted by Gasteiger charge is -2.37. The molecule has 0 atom stereocenters. The van der Waals surface area contributed by atoms with Crippen LogP contribution in [0.4, 0.5) is 13.2 Å². The third-order valence-corrected chi connectivity index (χ3v) is 4.38. The van der Waals surface area contributed by atoms with E-state index in [-0.39, 0.29) is 6.54 Å². The monoisotopic (exact) mass is 285 g/mol. The van der Waals surface area contributed by atoms with Crippen molar-refractivity contribution >= 4 is 5.78 Å². The molecule has 1 aromatic carbocycles. The zero-order chi connectivity index (χ0) is 14.9. The first kappa shape index (κ1) is 15.0. The third-order valence-electron chi connectivity index (χ3n) is 4.38. The SMILES string of the molecule is CC1CCC(CN)(C(=O)c2ccc(F)c(F)c2F)CC1. The Bertz CT molecular complexity index is 522. The van der Waals surface area contributed by atoms with Crippen LogP contribution >= 0.6 is 0 Å². The van der Waals surface area contributed by atoms with Crippen LogP contribution in [-0.4, -0.2) is 12.3 Å². The van der Waals surface area contributed by atoms with Crippen LogP contribution in [0.3, 0.4) is 0 Å². The van der Waals surface area contributed by atoms with Crippen molar-refractivity contribution in [1.82, 2.24) is 0 Å². The van der Waals surface area contributed by atoms with Crippen molar-refractivity contribution in [2.45, 2.75) is 32.6 Å². The van der Waals surface area contributed by atoms with Crippen LogP contribution in [0, 0.1) is 28.8 Å². The molecule has 0 amide bonds. The molecule has 1 aromatic rings. The number of hydrogen-bond acceptors (Lipinski definition) is 2. The van der Waals surface area contributed by atoms with E-state index in [0.29, 0.717) is 18.8 Å². The molecular formula is C15H18F3NO. The van der Waals surface area contributed by atoms with Crippen molar-refractivity contribution in [1.29, 1.82) is 0 Å². The van der Waals surface area contributed by atoms with Crippen LogP contribution in [0.5, 0.6) is 0 Å². The molecule has 2 N–H and O–H groups in total. The van der Waals surface area contributed by atoms with E-state index in [1.54, 1.807) is 0 Å². The lowest BCUT2D eigenvalue weighted by Crippen LogP contribution is -2.42. The Hall–Kier alpha value is -1.36. The summed E-state index contributed by atoms with van der Waals surface area (Å²) in [5, 5.41) is 0. The van der Waals surface area contributed by atoms with Crippen LogP contribution in [0.2, 0.25) is 0 Å². The van der Waals surface area contributed by atoms with Crippen LogP contribution in [0.25, 0.3) is 0 Å². The predicted molar refractivity (Wildman–Crippen MR) is 69.8 cm³/mol. The highest BCUT2D eigenvalue weighted by Crippen LogP contribution is 2.41. The Kier molecular flexibility index (Phi) is 4.18. The maximum atomic E-state index is 13.8. The van der Waals surface area contributed by atoms with Gasteiger partial charge < -0.3 is 5.73 Å². The van der Waals surface area contributed by atoms with Crippen LogP contribution in [0.1, 0.15) is 43.0 Å². The largest absolute Gasteiger partial charge is 0.329 e. The van der Waals surface area contributed by atoms with E-state index in [0.717, 1.165) is 25.0 Å². The van der Waals surface area contributed by atoms with Crippen LogP contribution in [-0.2, 0) is 0 Å². The van der Waals surface area contributed by atoms with E-state index in [2.05, 4.69) is 6.92 Å². The second-order valence-electron chi connectivity index (χ2n) is 5.72. The Morgan fingerprint density at radius 2 is 1.85 bits per heavy atom. The smallest absolute Gasteiger partial charge is 0.195 e. The highest BCUT2D eigenvalue weighted by molar-refractivity contribution is 6.01. The molecule has 0 spiro atoms. The van der Waals surface area contributed by atoms with Gasteiger partial charge in [0.05, 0.1) is 5.56 Å². The van der Waals surface area contributed by atoms with Gasteiger partial charge in [0.1, 0.15) is 0 Å². The number of carbonyl (C=O) groups is 1. The molecule has 1 aliphatic carbocycles. The Morgan fingerprint density at radius 3 is 2.40 bits per heavy atom. The highest BCUT2D eigenvalue weighted by atomic mass is 19.2. The summed E-state index contributed by atoms with van der Waals surface area (Å²) >= 11 is 0. The van der Waals surface area contributed by atoms with E-state index in [4.69, 9.17) is 5.73 Å². The molecule has 0 heterocycles. The lowest BCUT2D eigenvalue weighted by molar-refractivity contribution is 0.0689. The second kappa shape index (κ2) is 5.56. The van der Waals surface area contributed by atoms with Gasteiger partial charge in [-0.2, -0.15) is 0 Å². The third kappa shape index (κ3) is 2.46. The first-order valence-electron chi connectivity index (χ1n) is 6.79. The van der Waals surface area contributed by atoms with E-state index in [1.165, 1.54) is 0 Å². The summed E-state index contributed by atoms with van der Waals surface area (Å²) in [6, 6.07) is 1.78. The number of benzene rings is 1. The average molecular weight is 285 g/mol. The summed E-state index contributed by atoms with van der Waals surface area (Å²) in [6.07, 6.45) is 2.77. The molecule has 0 aliphatic heterocycles. The topological polar surface area (TPSA) is 43.1 Å². The van der Waals surface area contributed by atoms with Gasteiger partial charge in [-0.3, -0.25) is 4.79 Å². The van der Waals surface area contributed by atoms with Gasteiger partial charge in [-0.15, -0.1) is 0 Å². The van der Waals surface area contributed by atoms with Crippen LogP contribution in [0.15, 0.2) is 12.1 Å². The van der Waals surface area contributed by atoms with Gasteiger partial charge in [0.15, 0.2) is 23.2 Å². The number of rotatable bonds is 3. The number of hydrogen-bond donors (Lipinski definition) is 1. The number of nitrogens with two attached hydrogens (primary N) is 1. The van der Waals surface area contributed by atoms with Gasteiger partial charge in [-0.25, -0.2) is 13.2 Å². The molecule has 0 unspecified atom stereocenters. The van der Waals surface area contributed by atoms with Gasteiger partial charge in [-0.05, 0) is 43.7 Å². The lowest BCUT2D eigenvalue weighted by atomic mass is 9.67.